The Kier molecular flexibility index (Phi) is 6.82. The van der Waals surface area contributed by atoms with Crippen molar-refractivity contribution in [3.63, 3.8) is 0 Å². The number of aryl methyl sites for hydroxylation is 1. The summed E-state index contributed by atoms with van der Waals surface area (Å²) < 4.78 is 10.4. The maximum absolute atomic E-state index is 11.9. The lowest BCUT2D eigenvalue weighted by molar-refractivity contribution is 0.0507. The maximum atomic E-state index is 11.9. The first-order valence-electron chi connectivity index (χ1n) is 9.09. The minimum absolute atomic E-state index is 0.0484. The second-order valence-electron chi connectivity index (χ2n) is 7.30. The van der Waals surface area contributed by atoms with E-state index in [9.17, 15) is 4.79 Å². The van der Waals surface area contributed by atoms with Gasteiger partial charge < -0.3 is 24.8 Å². The first-order valence-corrected chi connectivity index (χ1v) is 9.09. The van der Waals surface area contributed by atoms with Crippen molar-refractivity contribution in [3.05, 3.63) is 11.7 Å². The predicted molar refractivity (Wildman–Crippen MR) is 98.1 cm³/mol. The number of aromatic nitrogens is 2. The van der Waals surface area contributed by atoms with E-state index in [1.54, 1.807) is 6.92 Å². The molecule has 2 N–H and O–H groups in total. The van der Waals surface area contributed by atoms with E-state index >= 15 is 0 Å². The van der Waals surface area contributed by atoms with Crippen LogP contribution < -0.4 is 10.6 Å². The van der Waals surface area contributed by atoms with E-state index in [0.717, 1.165) is 25.5 Å². The molecule has 2 heterocycles. The molecule has 26 heavy (non-hydrogen) atoms. The van der Waals surface area contributed by atoms with E-state index in [1.807, 2.05) is 27.7 Å². The highest BCUT2D eigenvalue weighted by molar-refractivity contribution is 5.80. The Labute approximate surface area is 154 Å². The number of guanidine groups is 1. The van der Waals surface area contributed by atoms with Crippen LogP contribution in [0.15, 0.2) is 9.52 Å². The van der Waals surface area contributed by atoms with Gasteiger partial charge in [0.15, 0.2) is 11.8 Å². The number of carbonyl (C=O) groups is 1. The van der Waals surface area contributed by atoms with Crippen molar-refractivity contribution in [2.75, 3.05) is 26.2 Å². The average molecular weight is 366 g/mol. The first-order chi connectivity index (χ1) is 12.3. The molecule has 0 aliphatic carbocycles. The smallest absolute Gasteiger partial charge is 0.407 e. The molecule has 1 aliphatic rings. The highest BCUT2D eigenvalue weighted by atomic mass is 16.6. The van der Waals surface area contributed by atoms with Gasteiger partial charge in [-0.05, 0) is 41.0 Å². The number of hydrogen-bond donors (Lipinski definition) is 2. The monoisotopic (exact) mass is 366 g/mol. The summed E-state index contributed by atoms with van der Waals surface area (Å²) in [5.41, 5.74) is -0.494. The number of rotatable bonds is 5. The fourth-order valence-electron chi connectivity index (χ4n) is 2.67. The van der Waals surface area contributed by atoms with Gasteiger partial charge in [-0.2, -0.15) is 4.98 Å². The molecular formula is C17H30N6O3. The SMILES string of the molecule is CCNC(=NCCc1nc(C)no1)N1CCC(NC(=O)OC(C)(C)C)C1. The van der Waals surface area contributed by atoms with Crippen LogP contribution in [-0.4, -0.2) is 64.9 Å². The van der Waals surface area contributed by atoms with Crippen LogP contribution in [0.4, 0.5) is 4.79 Å². The molecule has 0 saturated carbocycles. The number of aliphatic imine (C=N–C) groups is 1. The second-order valence-corrected chi connectivity index (χ2v) is 7.30. The number of carbonyl (C=O) groups excluding carboxylic acids is 1. The molecule has 9 heteroatoms. The van der Waals surface area contributed by atoms with Crippen LogP contribution in [0.25, 0.3) is 0 Å². The standard InChI is InChI=1S/C17H30N6O3/c1-6-18-15(19-9-7-14-20-12(2)22-26-14)23-10-8-13(11-23)21-16(24)25-17(3,4)5/h13H,6-11H2,1-5H3,(H,18,19)(H,21,24). The van der Waals surface area contributed by atoms with Gasteiger partial charge in [0.1, 0.15) is 5.60 Å². The van der Waals surface area contributed by atoms with Crippen LogP contribution in [0.5, 0.6) is 0 Å². The predicted octanol–water partition coefficient (Wildman–Crippen LogP) is 1.49. The van der Waals surface area contributed by atoms with Gasteiger partial charge in [-0.1, -0.05) is 5.16 Å². The zero-order chi connectivity index (χ0) is 19.2. The molecule has 1 aromatic rings. The number of nitrogens with zero attached hydrogens (tertiary/aromatic N) is 4. The van der Waals surface area contributed by atoms with Crippen LogP contribution in [0.3, 0.4) is 0 Å². The van der Waals surface area contributed by atoms with Crippen molar-refractivity contribution in [2.45, 2.75) is 59.1 Å². The molecule has 2 rings (SSSR count). The zero-order valence-electron chi connectivity index (χ0n) is 16.3. The summed E-state index contributed by atoms with van der Waals surface area (Å²) in [4.78, 5) is 22.9. The van der Waals surface area contributed by atoms with Crippen molar-refractivity contribution < 1.29 is 14.1 Å². The topological polar surface area (TPSA) is 105 Å². The number of amides is 1. The fourth-order valence-corrected chi connectivity index (χ4v) is 2.67. The zero-order valence-corrected chi connectivity index (χ0v) is 16.3. The van der Waals surface area contributed by atoms with Crippen molar-refractivity contribution in [2.24, 2.45) is 4.99 Å². The third-order valence-electron chi connectivity index (χ3n) is 3.70. The molecule has 0 bridgehead atoms. The Morgan fingerprint density at radius 3 is 2.85 bits per heavy atom. The maximum Gasteiger partial charge on any atom is 0.407 e. The van der Waals surface area contributed by atoms with E-state index in [4.69, 9.17) is 9.26 Å². The third-order valence-corrected chi connectivity index (χ3v) is 3.70. The van der Waals surface area contributed by atoms with Crippen molar-refractivity contribution in [1.82, 2.24) is 25.7 Å². The molecule has 1 atom stereocenters. The summed E-state index contributed by atoms with van der Waals surface area (Å²) in [6.45, 7) is 12.3. The molecule has 0 spiro atoms. The Morgan fingerprint density at radius 2 is 2.23 bits per heavy atom. The van der Waals surface area contributed by atoms with E-state index in [0.29, 0.717) is 31.2 Å². The lowest BCUT2D eigenvalue weighted by atomic mass is 10.2. The average Bonchev–Trinajstić information content (AvgIpc) is 3.13. The number of nitrogens with one attached hydrogen (secondary N) is 2. The summed E-state index contributed by atoms with van der Waals surface area (Å²) in [6.07, 6.45) is 1.08. The highest BCUT2D eigenvalue weighted by Crippen LogP contribution is 2.12. The first kappa shape index (κ1) is 20.0. The van der Waals surface area contributed by atoms with Gasteiger partial charge >= 0.3 is 6.09 Å². The van der Waals surface area contributed by atoms with Gasteiger partial charge in [-0.15, -0.1) is 0 Å². The number of ether oxygens (including phenoxy) is 1. The molecule has 9 nitrogen and oxygen atoms in total. The number of hydrogen-bond acceptors (Lipinski definition) is 6. The van der Waals surface area contributed by atoms with Gasteiger partial charge in [0, 0.05) is 26.1 Å². The Morgan fingerprint density at radius 1 is 1.46 bits per heavy atom. The normalized spacial score (nSPS) is 18.1. The Balaban J connectivity index is 1.85. The van der Waals surface area contributed by atoms with Crippen LogP contribution in [0.1, 0.15) is 45.8 Å². The fraction of sp³-hybridized carbons (Fsp3) is 0.765. The van der Waals surface area contributed by atoms with E-state index in [1.165, 1.54) is 0 Å². The van der Waals surface area contributed by atoms with Crippen LogP contribution in [-0.2, 0) is 11.2 Å². The summed E-state index contributed by atoms with van der Waals surface area (Å²) in [7, 11) is 0. The molecule has 0 radical (unpaired) electrons. The summed E-state index contributed by atoms with van der Waals surface area (Å²) >= 11 is 0. The molecular weight excluding hydrogens is 336 g/mol. The van der Waals surface area contributed by atoms with Gasteiger partial charge in [-0.25, -0.2) is 4.79 Å². The molecule has 1 unspecified atom stereocenters. The molecule has 146 valence electrons. The number of likely N-dealkylation sites (tertiary alicyclic amines) is 1. The Hall–Kier alpha value is -2.32. The van der Waals surface area contributed by atoms with Crippen LogP contribution >= 0.6 is 0 Å². The number of alkyl carbamates (subject to hydrolysis) is 1. The molecule has 1 amide bonds. The minimum atomic E-state index is -0.494. The van der Waals surface area contributed by atoms with Crippen molar-refractivity contribution in [1.29, 1.82) is 0 Å². The van der Waals surface area contributed by atoms with Crippen molar-refractivity contribution >= 4 is 12.1 Å². The molecule has 1 aliphatic heterocycles. The molecule has 0 aromatic carbocycles. The van der Waals surface area contributed by atoms with Crippen LogP contribution in [0.2, 0.25) is 0 Å². The van der Waals surface area contributed by atoms with E-state index < -0.39 is 5.60 Å². The van der Waals surface area contributed by atoms with E-state index in [-0.39, 0.29) is 12.1 Å². The van der Waals surface area contributed by atoms with Gasteiger partial charge in [-0.3, -0.25) is 4.99 Å². The highest BCUT2D eigenvalue weighted by Gasteiger charge is 2.27. The summed E-state index contributed by atoms with van der Waals surface area (Å²) in [6, 6.07) is 0.0484. The summed E-state index contributed by atoms with van der Waals surface area (Å²) in [5.74, 6) is 2.05. The molecule has 1 saturated heterocycles. The molecule has 1 aromatic heterocycles. The lowest BCUT2D eigenvalue weighted by Gasteiger charge is -2.23. The van der Waals surface area contributed by atoms with Gasteiger partial charge in [0.2, 0.25) is 5.89 Å². The third kappa shape index (κ3) is 6.53. The molecule has 1 fully saturated rings. The lowest BCUT2D eigenvalue weighted by Crippen LogP contribution is -2.44. The van der Waals surface area contributed by atoms with E-state index in [2.05, 4.69) is 30.7 Å². The van der Waals surface area contributed by atoms with Gasteiger partial charge in [0.25, 0.3) is 0 Å². The largest absolute Gasteiger partial charge is 0.444 e. The Bertz CT molecular complexity index is 622. The second kappa shape index (κ2) is 8.86. The van der Waals surface area contributed by atoms with Crippen molar-refractivity contribution in [3.8, 4) is 0 Å². The summed E-state index contributed by atoms with van der Waals surface area (Å²) in [5, 5.41) is 10.00. The quantitative estimate of drug-likeness (QED) is 0.601. The van der Waals surface area contributed by atoms with Gasteiger partial charge in [0.05, 0.1) is 12.6 Å². The minimum Gasteiger partial charge on any atom is -0.444 e. The van der Waals surface area contributed by atoms with Crippen LogP contribution in [0, 0.1) is 6.92 Å².